The molecule has 0 aliphatic carbocycles. The quantitative estimate of drug-likeness (QED) is 0.669. The monoisotopic (exact) mass is 308 g/mol. The van der Waals surface area contributed by atoms with Crippen molar-refractivity contribution in [1.82, 2.24) is 10.3 Å². The smallest absolute Gasteiger partial charge is 0.404 e. The number of amides is 1. The molecule has 1 aromatic heterocycles. The fourth-order valence-corrected chi connectivity index (χ4v) is 2.97. The zero-order valence-electron chi connectivity index (χ0n) is 13.0. The molecular formula is C19H20N2O2. The van der Waals surface area contributed by atoms with Crippen LogP contribution in [-0.4, -0.2) is 22.2 Å². The van der Waals surface area contributed by atoms with Gasteiger partial charge in [0.2, 0.25) is 0 Å². The van der Waals surface area contributed by atoms with E-state index in [0.29, 0.717) is 12.8 Å². The van der Waals surface area contributed by atoms with Crippen LogP contribution in [0.15, 0.2) is 54.7 Å². The molecule has 1 unspecified atom stereocenters. The van der Waals surface area contributed by atoms with Gasteiger partial charge in [-0.3, -0.25) is 0 Å². The maximum atomic E-state index is 11.1. The van der Waals surface area contributed by atoms with Gasteiger partial charge >= 0.3 is 6.09 Å². The molecule has 0 aliphatic rings. The molecular weight excluding hydrogens is 288 g/mol. The first kappa shape index (κ1) is 15.2. The summed E-state index contributed by atoms with van der Waals surface area (Å²) in [4.78, 5) is 14.4. The van der Waals surface area contributed by atoms with Crippen molar-refractivity contribution in [3.05, 3.63) is 71.4 Å². The minimum absolute atomic E-state index is 0.158. The first-order chi connectivity index (χ1) is 11.1. The van der Waals surface area contributed by atoms with Crippen LogP contribution in [0.25, 0.3) is 10.9 Å². The number of fused-ring (bicyclic) bond motifs is 1. The van der Waals surface area contributed by atoms with Crippen molar-refractivity contribution in [2.45, 2.75) is 25.8 Å². The third-order valence-corrected chi connectivity index (χ3v) is 4.04. The molecule has 3 rings (SSSR count). The summed E-state index contributed by atoms with van der Waals surface area (Å²) in [5.74, 6) is 0. The van der Waals surface area contributed by atoms with Gasteiger partial charge in [0.1, 0.15) is 0 Å². The number of hydrogen-bond acceptors (Lipinski definition) is 1. The van der Waals surface area contributed by atoms with Crippen molar-refractivity contribution in [1.29, 1.82) is 0 Å². The Balaban J connectivity index is 1.84. The third-order valence-electron chi connectivity index (χ3n) is 4.04. The molecule has 4 nitrogen and oxygen atoms in total. The predicted molar refractivity (Wildman–Crippen MR) is 91.8 cm³/mol. The lowest BCUT2D eigenvalue weighted by Gasteiger charge is -2.17. The Labute approximate surface area is 135 Å². The molecule has 3 aromatic rings. The number of aryl methyl sites for hydroxylation is 1. The number of hydrogen-bond donors (Lipinski definition) is 3. The summed E-state index contributed by atoms with van der Waals surface area (Å²) in [6, 6.07) is 16.1. The lowest BCUT2D eigenvalue weighted by Crippen LogP contribution is -2.37. The average Bonchev–Trinajstić information content (AvgIpc) is 2.90. The molecule has 1 atom stereocenters. The average molecular weight is 308 g/mol. The number of benzene rings is 2. The first-order valence-corrected chi connectivity index (χ1v) is 7.72. The topological polar surface area (TPSA) is 65.1 Å². The van der Waals surface area contributed by atoms with E-state index in [2.05, 4.69) is 35.4 Å². The minimum atomic E-state index is -0.984. The van der Waals surface area contributed by atoms with E-state index >= 15 is 0 Å². The SMILES string of the molecule is Cc1ccc2[nH]cc(CC(Cc3ccccc3)NC(=O)O)c2c1. The maximum Gasteiger partial charge on any atom is 0.404 e. The van der Waals surface area contributed by atoms with Crippen molar-refractivity contribution in [2.24, 2.45) is 0 Å². The van der Waals surface area contributed by atoms with Crippen molar-refractivity contribution in [3.8, 4) is 0 Å². The first-order valence-electron chi connectivity index (χ1n) is 7.72. The molecule has 0 radical (unpaired) electrons. The van der Waals surface area contributed by atoms with E-state index in [1.165, 1.54) is 5.56 Å². The largest absolute Gasteiger partial charge is 0.465 e. The number of aromatic amines is 1. The number of aromatic nitrogens is 1. The minimum Gasteiger partial charge on any atom is -0.465 e. The Morgan fingerprint density at radius 2 is 1.96 bits per heavy atom. The second-order valence-corrected chi connectivity index (χ2v) is 5.90. The zero-order valence-corrected chi connectivity index (χ0v) is 13.0. The summed E-state index contributed by atoms with van der Waals surface area (Å²) in [6.45, 7) is 2.06. The molecule has 1 heterocycles. The molecule has 2 aromatic carbocycles. The van der Waals surface area contributed by atoms with Gasteiger partial charge in [0.25, 0.3) is 0 Å². The molecule has 0 saturated carbocycles. The third kappa shape index (κ3) is 3.72. The molecule has 4 heteroatoms. The van der Waals surface area contributed by atoms with Gasteiger partial charge in [-0.15, -0.1) is 0 Å². The number of rotatable bonds is 5. The van der Waals surface area contributed by atoms with Crippen LogP contribution in [0.1, 0.15) is 16.7 Å². The Hall–Kier alpha value is -2.75. The van der Waals surface area contributed by atoms with Crippen molar-refractivity contribution in [2.75, 3.05) is 0 Å². The van der Waals surface area contributed by atoms with Crippen molar-refractivity contribution >= 4 is 17.0 Å². The molecule has 0 spiro atoms. The standard InChI is InChI=1S/C19H20N2O2/c1-13-7-8-18-17(9-13)15(12-20-18)11-16(21-19(22)23)10-14-5-3-2-4-6-14/h2-9,12,16,20-21H,10-11H2,1H3,(H,22,23). The van der Waals surface area contributed by atoms with Gasteiger partial charge in [-0.25, -0.2) is 4.79 Å². The Morgan fingerprint density at radius 1 is 1.17 bits per heavy atom. The second kappa shape index (κ2) is 6.57. The van der Waals surface area contributed by atoms with Gasteiger partial charge < -0.3 is 15.4 Å². The molecule has 3 N–H and O–H groups in total. The second-order valence-electron chi connectivity index (χ2n) is 5.90. The van der Waals surface area contributed by atoms with Crippen LogP contribution < -0.4 is 5.32 Å². The zero-order chi connectivity index (χ0) is 16.2. The molecule has 118 valence electrons. The lowest BCUT2D eigenvalue weighted by molar-refractivity contribution is 0.189. The van der Waals surface area contributed by atoms with Gasteiger partial charge in [-0.05, 0) is 43.0 Å². The fourth-order valence-electron chi connectivity index (χ4n) is 2.97. The highest BCUT2D eigenvalue weighted by molar-refractivity contribution is 5.84. The Bertz CT molecular complexity index is 809. The maximum absolute atomic E-state index is 11.1. The molecule has 0 fully saturated rings. The van der Waals surface area contributed by atoms with Gasteiger partial charge in [-0.1, -0.05) is 42.0 Å². The predicted octanol–water partition coefficient (Wildman–Crippen LogP) is 3.90. The van der Waals surface area contributed by atoms with Gasteiger partial charge in [-0.2, -0.15) is 0 Å². The summed E-state index contributed by atoms with van der Waals surface area (Å²) in [5, 5.41) is 12.9. The lowest BCUT2D eigenvalue weighted by atomic mass is 9.98. The van der Waals surface area contributed by atoms with Crippen LogP contribution in [0, 0.1) is 6.92 Å². The highest BCUT2D eigenvalue weighted by atomic mass is 16.4. The Morgan fingerprint density at radius 3 is 2.70 bits per heavy atom. The van der Waals surface area contributed by atoms with Crippen LogP contribution >= 0.6 is 0 Å². The van der Waals surface area contributed by atoms with E-state index in [9.17, 15) is 4.79 Å². The van der Waals surface area contributed by atoms with Crippen molar-refractivity contribution < 1.29 is 9.90 Å². The highest BCUT2D eigenvalue weighted by Crippen LogP contribution is 2.21. The number of carbonyl (C=O) groups is 1. The highest BCUT2D eigenvalue weighted by Gasteiger charge is 2.15. The Kier molecular flexibility index (Phi) is 4.33. The fraction of sp³-hybridized carbons (Fsp3) is 0.211. The molecule has 23 heavy (non-hydrogen) atoms. The van der Waals surface area contributed by atoms with Gasteiger partial charge in [0.05, 0.1) is 0 Å². The normalized spacial score (nSPS) is 12.2. The summed E-state index contributed by atoms with van der Waals surface area (Å²) < 4.78 is 0. The molecule has 1 amide bonds. The summed E-state index contributed by atoms with van der Waals surface area (Å²) in [6.07, 6.45) is 2.32. The van der Waals surface area contributed by atoms with Crippen LogP contribution in [-0.2, 0) is 12.8 Å². The van der Waals surface area contributed by atoms with E-state index in [0.717, 1.165) is 22.0 Å². The number of H-pyrrole nitrogens is 1. The van der Waals surface area contributed by atoms with E-state index in [4.69, 9.17) is 5.11 Å². The molecule has 0 bridgehead atoms. The summed E-state index contributed by atoms with van der Waals surface area (Å²) in [5.41, 5.74) is 4.55. The van der Waals surface area contributed by atoms with E-state index < -0.39 is 6.09 Å². The van der Waals surface area contributed by atoms with Gasteiger partial charge in [0.15, 0.2) is 0 Å². The van der Waals surface area contributed by atoms with E-state index in [-0.39, 0.29) is 6.04 Å². The number of nitrogens with one attached hydrogen (secondary N) is 2. The molecule has 0 saturated heterocycles. The van der Waals surface area contributed by atoms with Crippen molar-refractivity contribution in [3.63, 3.8) is 0 Å². The summed E-state index contributed by atoms with van der Waals surface area (Å²) in [7, 11) is 0. The number of carboxylic acid groups (broad SMARTS) is 1. The summed E-state index contributed by atoms with van der Waals surface area (Å²) >= 11 is 0. The van der Waals surface area contributed by atoms with Crippen LogP contribution in [0.5, 0.6) is 0 Å². The van der Waals surface area contributed by atoms with E-state index in [1.807, 2.05) is 36.5 Å². The van der Waals surface area contributed by atoms with Crippen LogP contribution in [0.3, 0.4) is 0 Å². The van der Waals surface area contributed by atoms with E-state index in [1.54, 1.807) is 0 Å². The van der Waals surface area contributed by atoms with Gasteiger partial charge in [0, 0.05) is 23.1 Å². The van der Waals surface area contributed by atoms with Crippen LogP contribution in [0.4, 0.5) is 4.79 Å². The molecule has 0 aliphatic heterocycles. The van der Waals surface area contributed by atoms with Crippen LogP contribution in [0.2, 0.25) is 0 Å².